The van der Waals surface area contributed by atoms with Gasteiger partial charge in [-0.05, 0) is 36.5 Å². The quantitative estimate of drug-likeness (QED) is 0.146. The first-order valence-corrected chi connectivity index (χ1v) is 17.4. The minimum Gasteiger partial charge on any atom is -0.345 e. The van der Waals surface area contributed by atoms with Gasteiger partial charge in [-0.25, -0.2) is 0 Å². The second-order valence-electron chi connectivity index (χ2n) is 12.0. The van der Waals surface area contributed by atoms with Crippen LogP contribution in [0.2, 0.25) is 0 Å². The van der Waals surface area contributed by atoms with Crippen molar-refractivity contribution in [3.05, 3.63) is 12.2 Å². The number of ketones is 3. The number of hydrogen-bond acceptors (Lipinski definition) is 4. The van der Waals surface area contributed by atoms with Crippen LogP contribution >= 0.6 is 10.5 Å². The van der Waals surface area contributed by atoms with E-state index in [1.54, 1.807) is 12.2 Å². The molecule has 0 aromatic rings. The van der Waals surface area contributed by atoms with Crippen LogP contribution in [-0.4, -0.2) is 46.7 Å². The Morgan fingerprint density at radius 2 is 1.59 bits per heavy atom. The van der Waals surface area contributed by atoms with Gasteiger partial charge in [0.1, 0.15) is 5.78 Å². The minimum atomic E-state index is -0.590. The Morgan fingerprint density at radius 3 is 2.18 bits per heavy atom. The molecule has 0 fully saturated rings. The van der Waals surface area contributed by atoms with Crippen LogP contribution in [0.1, 0.15) is 130 Å². The fourth-order valence-electron chi connectivity index (χ4n) is 5.11. The molecule has 6 heteroatoms. The smallest absolute Gasteiger partial charge is 0.224 e. The Morgan fingerprint density at radius 1 is 1.00 bits per heavy atom. The third-order valence-electron chi connectivity index (χ3n) is 7.75. The minimum absolute atomic E-state index is 0.0125. The van der Waals surface area contributed by atoms with Gasteiger partial charge in [0.15, 0.2) is 11.6 Å². The van der Waals surface area contributed by atoms with Crippen molar-refractivity contribution in [2.75, 3.05) is 11.5 Å². The summed E-state index contributed by atoms with van der Waals surface area (Å²) in [5, 5.41) is 3.01. The second kappa shape index (κ2) is 21.2. The molecule has 0 aliphatic carbocycles. The third-order valence-corrected chi connectivity index (χ3v) is 9.42. The summed E-state index contributed by atoms with van der Waals surface area (Å²) in [7, 11) is -0.319. The molecule has 1 aliphatic heterocycles. The number of rotatable bonds is 17. The number of carbonyl (C=O) groups excluding carboxylic acids is 4. The second-order valence-corrected chi connectivity index (χ2v) is 14.0. The van der Waals surface area contributed by atoms with Crippen LogP contribution in [0, 0.1) is 17.8 Å². The Labute approximate surface area is 241 Å². The van der Waals surface area contributed by atoms with E-state index >= 15 is 0 Å². The fourth-order valence-corrected chi connectivity index (χ4v) is 6.57. The molecule has 1 N–H and O–H groups in total. The van der Waals surface area contributed by atoms with Crippen LogP contribution < -0.4 is 5.32 Å². The molecule has 0 aromatic heterocycles. The van der Waals surface area contributed by atoms with Crippen LogP contribution in [-0.2, 0) is 19.2 Å². The van der Waals surface area contributed by atoms with Gasteiger partial charge in [-0.1, -0.05) is 104 Å². The highest BCUT2D eigenvalue weighted by Gasteiger charge is 2.29. The van der Waals surface area contributed by atoms with Gasteiger partial charge in [0.2, 0.25) is 5.91 Å². The van der Waals surface area contributed by atoms with Crippen LogP contribution in [0.25, 0.3) is 0 Å². The molecular weight excluding hydrogens is 506 g/mol. The van der Waals surface area contributed by atoms with E-state index in [1.807, 2.05) is 20.8 Å². The van der Waals surface area contributed by atoms with Gasteiger partial charge in [0, 0.05) is 37.4 Å². The molecule has 39 heavy (non-hydrogen) atoms. The molecule has 0 aromatic carbocycles. The summed E-state index contributed by atoms with van der Waals surface area (Å²) < 4.78 is 0. The maximum atomic E-state index is 13.3. The van der Waals surface area contributed by atoms with E-state index in [-0.39, 0.29) is 58.4 Å². The van der Waals surface area contributed by atoms with Gasteiger partial charge < -0.3 is 5.32 Å². The molecule has 1 amide bonds. The summed E-state index contributed by atoms with van der Waals surface area (Å²) in [6.45, 7) is 8.11. The summed E-state index contributed by atoms with van der Waals surface area (Å²) >= 11 is 0. The average molecular weight is 564 g/mol. The first-order valence-electron chi connectivity index (χ1n) is 15.7. The Kier molecular flexibility index (Phi) is 19.3. The van der Waals surface area contributed by atoms with Gasteiger partial charge in [0.05, 0.1) is 6.04 Å². The van der Waals surface area contributed by atoms with Crippen LogP contribution in [0.4, 0.5) is 0 Å². The lowest BCUT2D eigenvalue weighted by Crippen LogP contribution is -2.47. The maximum absolute atomic E-state index is 13.3. The lowest BCUT2D eigenvalue weighted by molar-refractivity contribution is -0.133. The predicted molar refractivity (Wildman–Crippen MR) is 168 cm³/mol. The molecule has 1 unspecified atom stereocenters. The molecule has 0 spiro atoms. The molecule has 4 atom stereocenters. The topological polar surface area (TPSA) is 80.3 Å². The Hall–Kier alpha value is -1.56. The summed E-state index contributed by atoms with van der Waals surface area (Å²) in [5.41, 5.74) is 0. The van der Waals surface area contributed by atoms with E-state index in [0.717, 1.165) is 25.0 Å². The van der Waals surface area contributed by atoms with Crippen molar-refractivity contribution in [3.8, 4) is 0 Å². The first-order chi connectivity index (χ1) is 18.6. The number of allylic oxidation sites excluding steroid dienone is 2. The third kappa shape index (κ3) is 17.0. The SMILES string of the molecule is C=S1CCCC(=O)/C=C/[C@H](C)CC(=O)[C@@H](NC(=O)[C@@H](CC(=O)CCCCCCCCCCCCC)C(C)C)C1. The van der Waals surface area contributed by atoms with Gasteiger partial charge in [0.25, 0.3) is 0 Å². The summed E-state index contributed by atoms with van der Waals surface area (Å²) in [6, 6.07) is -0.590. The van der Waals surface area contributed by atoms with E-state index in [0.29, 0.717) is 18.6 Å². The molecule has 5 nitrogen and oxygen atoms in total. The molecule has 1 rings (SSSR count). The molecule has 0 radical (unpaired) electrons. The molecule has 0 saturated carbocycles. The van der Waals surface area contributed by atoms with Gasteiger partial charge >= 0.3 is 0 Å². The van der Waals surface area contributed by atoms with E-state index in [4.69, 9.17) is 0 Å². The number of Topliss-reactive ketones (excluding diaryl/α,β-unsaturated/α-hetero) is 2. The summed E-state index contributed by atoms with van der Waals surface area (Å²) in [5.74, 6) is 5.00. The largest absolute Gasteiger partial charge is 0.345 e. The van der Waals surface area contributed by atoms with Crippen molar-refractivity contribution < 1.29 is 19.2 Å². The highest BCUT2D eigenvalue weighted by molar-refractivity contribution is 8.14. The molecule has 1 heterocycles. The predicted octanol–water partition coefficient (Wildman–Crippen LogP) is 7.62. The normalized spacial score (nSPS) is 22.6. The van der Waals surface area contributed by atoms with Crippen molar-refractivity contribution in [2.45, 2.75) is 136 Å². The van der Waals surface area contributed by atoms with Gasteiger partial charge in [-0.3, -0.25) is 19.2 Å². The van der Waals surface area contributed by atoms with Crippen molar-refractivity contribution in [1.29, 1.82) is 0 Å². The maximum Gasteiger partial charge on any atom is 0.224 e. The number of nitrogens with one attached hydrogen (secondary N) is 1. The van der Waals surface area contributed by atoms with E-state index in [9.17, 15) is 19.2 Å². The molecule has 224 valence electrons. The molecule has 0 bridgehead atoms. The van der Waals surface area contributed by atoms with E-state index < -0.39 is 12.0 Å². The zero-order chi connectivity index (χ0) is 29.0. The van der Waals surface area contributed by atoms with Crippen LogP contribution in [0.3, 0.4) is 0 Å². The summed E-state index contributed by atoms with van der Waals surface area (Å²) in [4.78, 5) is 51.2. The zero-order valence-corrected chi connectivity index (χ0v) is 26.3. The van der Waals surface area contributed by atoms with Crippen molar-refractivity contribution in [1.82, 2.24) is 5.32 Å². The standard InChI is InChI=1S/C33H57NO4S/c1-6-7-8-9-10-11-12-13-14-15-16-18-29(36)24-30(26(2)3)33(38)34-31-25-39(5)22-17-19-28(35)21-20-27(4)23-32(31)37/h20-21,26-27,30-31H,5-19,22-25H2,1-4H3,(H,34,38)/b21-20+/t27-,30-,31-,39?/m0/s1. The first kappa shape index (κ1) is 35.5. The van der Waals surface area contributed by atoms with Crippen LogP contribution in [0.5, 0.6) is 0 Å². The number of unbranched alkanes of at least 4 members (excludes halogenated alkanes) is 10. The Balaban J connectivity index is 2.52. The monoisotopic (exact) mass is 563 g/mol. The summed E-state index contributed by atoms with van der Waals surface area (Å²) in [6.07, 6.45) is 19.4. The lowest BCUT2D eigenvalue weighted by atomic mass is 9.88. The van der Waals surface area contributed by atoms with Crippen molar-refractivity contribution in [3.63, 3.8) is 0 Å². The lowest BCUT2D eigenvalue weighted by Gasteiger charge is -2.25. The fraction of sp³-hybridized carbons (Fsp3) is 0.788. The molecular formula is C33H57NO4S. The number of amides is 1. The van der Waals surface area contributed by atoms with Crippen molar-refractivity contribution in [2.24, 2.45) is 17.8 Å². The zero-order valence-electron chi connectivity index (χ0n) is 25.4. The average Bonchev–Trinajstić information content (AvgIpc) is 2.88. The molecule has 0 saturated heterocycles. The van der Waals surface area contributed by atoms with Crippen molar-refractivity contribution >= 4 is 39.6 Å². The van der Waals surface area contributed by atoms with Crippen LogP contribution in [0.15, 0.2) is 12.2 Å². The number of carbonyl (C=O) groups is 4. The number of hydrogen-bond donors (Lipinski definition) is 1. The molecule has 1 aliphatic rings. The van der Waals surface area contributed by atoms with Gasteiger partial charge in [-0.15, -0.1) is 0 Å². The van der Waals surface area contributed by atoms with E-state index in [1.165, 1.54) is 57.8 Å². The highest BCUT2D eigenvalue weighted by Crippen LogP contribution is 2.22. The van der Waals surface area contributed by atoms with E-state index in [2.05, 4.69) is 18.1 Å². The highest BCUT2D eigenvalue weighted by atomic mass is 32.2. The van der Waals surface area contributed by atoms with Gasteiger partial charge in [-0.2, -0.15) is 10.5 Å². The Bertz CT molecular complexity index is 804.